The molecule has 1 atom stereocenters. The van der Waals surface area contributed by atoms with E-state index in [0.29, 0.717) is 12.3 Å². The zero-order valence-corrected chi connectivity index (χ0v) is 16.9. The maximum atomic E-state index is 13.1. The van der Waals surface area contributed by atoms with Crippen LogP contribution in [0.2, 0.25) is 0 Å². The van der Waals surface area contributed by atoms with E-state index >= 15 is 0 Å². The zero-order chi connectivity index (χ0) is 19.7. The van der Waals surface area contributed by atoms with Gasteiger partial charge < -0.3 is 15.3 Å². The molecule has 0 spiro atoms. The van der Waals surface area contributed by atoms with Crippen molar-refractivity contribution in [2.45, 2.75) is 30.2 Å². The number of phenols is 1. The number of fused-ring (bicyclic) bond motifs is 2. The third-order valence-electron chi connectivity index (χ3n) is 5.31. The van der Waals surface area contributed by atoms with Crippen molar-refractivity contribution in [3.8, 4) is 5.75 Å². The summed E-state index contributed by atoms with van der Waals surface area (Å²) in [5, 5.41) is 13.3. The zero-order valence-electron chi connectivity index (χ0n) is 16.1. The second kappa shape index (κ2) is 7.78. The molecule has 3 aromatic rings. The van der Waals surface area contributed by atoms with Gasteiger partial charge in [0.25, 0.3) is 0 Å². The van der Waals surface area contributed by atoms with Gasteiger partial charge in [0.1, 0.15) is 5.75 Å². The molecule has 144 valence electrons. The summed E-state index contributed by atoms with van der Waals surface area (Å²) in [4.78, 5) is 4.01. The van der Waals surface area contributed by atoms with Crippen LogP contribution in [-0.2, 0) is 17.3 Å². The van der Waals surface area contributed by atoms with Gasteiger partial charge in [-0.3, -0.25) is 0 Å². The number of para-hydroxylation sites is 2. The van der Waals surface area contributed by atoms with Gasteiger partial charge >= 0.3 is 0 Å². The SMILES string of the molecule is Cc1ccc2c(c1C)N(CCNCc1ccccc1O)c1ccccc1S2=O. The molecule has 5 heteroatoms. The van der Waals surface area contributed by atoms with Crippen LogP contribution in [-0.4, -0.2) is 22.4 Å². The highest BCUT2D eigenvalue weighted by Gasteiger charge is 2.29. The Kier molecular flexibility index (Phi) is 5.20. The van der Waals surface area contributed by atoms with E-state index in [9.17, 15) is 9.32 Å². The molecule has 4 rings (SSSR count). The van der Waals surface area contributed by atoms with Crippen LogP contribution in [0.3, 0.4) is 0 Å². The fourth-order valence-corrected chi connectivity index (χ4v) is 5.08. The lowest BCUT2D eigenvalue weighted by molar-refractivity contribution is 0.464. The van der Waals surface area contributed by atoms with Crippen LogP contribution in [0.5, 0.6) is 5.75 Å². The minimum atomic E-state index is -1.16. The van der Waals surface area contributed by atoms with Gasteiger partial charge in [0.05, 0.1) is 32.0 Å². The highest BCUT2D eigenvalue weighted by atomic mass is 32.2. The number of aromatic hydroxyl groups is 1. The highest BCUT2D eigenvalue weighted by molar-refractivity contribution is 7.85. The van der Waals surface area contributed by atoms with Gasteiger partial charge in [0.2, 0.25) is 0 Å². The number of hydrogen-bond donors (Lipinski definition) is 2. The Morgan fingerprint density at radius 3 is 2.54 bits per heavy atom. The molecule has 2 N–H and O–H groups in total. The lowest BCUT2D eigenvalue weighted by Gasteiger charge is -2.34. The number of hydrogen-bond acceptors (Lipinski definition) is 4. The summed E-state index contributed by atoms with van der Waals surface area (Å²) < 4.78 is 13.1. The summed E-state index contributed by atoms with van der Waals surface area (Å²) in [6.07, 6.45) is 0. The molecule has 0 aliphatic carbocycles. The average Bonchev–Trinajstić information content (AvgIpc) is 2.71. The first kappa shape index (κ1) is 18.7. The molecular formula is C23H24N2O2S. The number of nitrogens with zero attached hydrogens (tertiary/aromatic N) is 1. The molecule has 1 aliphatic rings. The molecule has 1 unspecified atom stereocenters. The Hall–Kier alpha value is -2.63. The maximum absolute atomic E-state index is 13.1. The van der Waals surface area contributed by atoms with Gasteiger partial charge in [-0.2, -0.15) is 0 Å². The number of aryl methyl sites for hydroxylation is 1. The average molecular weight is 393 g/mol. The molecule has 0 bridgehead atoms. The summed E-state index contributed by atoms with van der Waals surface area (Å²) >= 11 is 0. The summed E-state index contributed by atoms with van der Waals surface area (Å²) in [6, 6.07) is 19.3. The van der Waals surface area contributed by atoms with E-state index in [1.165, 1.54) is 11.1 Å². The van der Waals surface area contributed by atoms with Crippen molar-refractivity contribution in [2.24, 2.45) is 0 Å². The Bertz CT molecular complexity index is 1050. The molecule has 1 aliphatic heterocycles. The molecule has 0 saturated carbocycles. The lowest BCUT2D eigenvalue weighted by atomic mass is 10.1. The fourth-order valence-electron chi connectivity index (χ4n) is 3.64. The third kappa shape index (κ3) is 3.32. The van der Waals surface area contributed by atoms with Crippen molar-refractivity contribution in [1.82, 2.24) is 5.32 Å². The number of benzene rings is 3. The molecule has 3 aromatic carbocycles. The highest BCUT2D eigenvalue weighted by Crippen LogP contribution is 2.44. The summed E-state index contributed by atoms with van der Waals surface area (Å²) in [6.45, 7) is 6.28. The van der Waals surface area contributed by atoms with Gasteiger partial charge in [-0.05, 0) is 49.2 Å². The van der Waals surface area contributed by atoms with E-state index in [4.69, 9.17) is 0 Å². The Labute approximate surface area is 168 Å². The molecule has 0 saturated heterocycles. The van der Waals surface area contributed by atoms with E-state index in [0.717, 1.165) is 39.8 Å². The van der Waals surface area contributed by atoms with Crippen molar-refractivity contribution < 1.29 is 9.32 Å². The van der Waals surface area contributed by atoms with E-state index in [-0.39, 0.29) is 0 Å². The van der Waals surface area contributed by atoms with Gasteiger partial charge in [-0.15, -0.1) is 0 Å². The van der Waals surface area contributed by atoms with Crippen LogP contribution >= 0.6 is 0 Å². The molecule has 0 aromatic heterocycles. The summed E-state index contributed by atoms with van der Waals surface area (Å²) in [7, 11) is -1.16. The summed E-state index contributed by atoms with van der Waals surface area (Å²) in [5.41, 5.74) is 5.31. The van der Waals surface area contributed by atoms with Crippen molar-refractivity contribution in [3.05, 3.63) is 77.4 Å². The Morgan fingerprint density at radius 1 is 0.964 bits per heavy atom. The van der Waals surface area contributed by atoms with Gasteiger partial charge in [-0.25, -0.2) is 4.21 Å². The Morgan fingerprint density at radius 2 is 1.71 bits per heavy atom. The largest absolute Gasteiger partial charge is 0.508 e. The number of anilines is 2. The second-order valence-electron chi connectivity index (χ2n) is 7.05. The normalized spacial score (nSPS) is 15.2. The van der Waals surface area contributed by atoms with E-state index < -0.39 is 10.8 Å². The fraction of sp³-hybridized carbons (Fsp3) is 0.217. The second-order valence-corrected chi connectivity index (χ2v) is 8.46. The molecule has 0 radical (unpaired) electrons. The molecule has 0 amide bonds. The quantitative estimate of drug-likeness (QED) is 0.631. The van der Waals surface area contributed by atoms with E-state index in [2.05, 4.69) is 30.1 Å². The van der Waals surface area contributed by atoms with Crippen molar-refractivity contribution in [2.75, 3.05) is 18.0 Å². The minimum Gasteiger partial charge on any atom is -0.508 e. The first-order valence-corrected chi connectivity index (χ1v) is 10.6. The maximum Gasteiger partial charge on any atom is 0.120 e. The molecule has 4 nitrogen and oxygen atoms in total. The van der Waals surface area contributed by atoms with Crippen LogP contribution in [0.1, 0.15) is 16.7 Å². The lowest BCUT2D eigenvalue weighted by Crippen LogP contribution is -2.32. The van der Waals surface area contributed by atoms with Crippen LogP contribution < -0.4 is 10.2 Å². The van der Waals surface area contributed by atoms with Crippen molar-refractivity contribution >= 4 is 22.2 Å². The Balaban J connectivity index is 1.60. The topological polar surface area (TPSA) is 52.6 Å². The molecule has 0 fully saturated rings. The van der Waals surface area contributed by atoms with Crippen LogP contribution in [0, 0.1) is 13.8 Å². The molecular weight excluding hydrogens is 368 g/mol. The van der Waals surface area contributed by atoms with E-state index in [1.54, 1.807) is 6.07 Å². The van der Waals surface area contributed by atoms with Gasteiger partial charge in [-0.1, -0.05) is 36.4 Å². The minimum absolute atomic E-state index is 0.311. The van der Waals surface area contributed by atoms with Crippen LogP contribution in [0.25, 0.3) is 0 Å². The van der Waals surface area contributed by atoms with Crippen LogP contribution in [0.15, 0.2) is 70.5 Å². The van der Waals surface area contributed by atoms with Gasteiger partial charge in [0, 0.05) is 25.2 Å². The molecule has 28 heavy (non-hydrogen) atoms. The van der Waals surface area contributed by atoms with Crippen molar-refractivity contribution in [1.29, 1.82) is 0 Å². The standard InChI is InChI=1S/C23H24N2O2S/c1-16-11-12-22-23(17(16)2)25(19-8-4-6-10-21(19)28(22)27)14-13-24-15-18-7-3-5-9-20(18)26/h3-12,24,26H,13-15H2,1-2H3. The third-order valence-corrected chi connectivity index (χ3v) is 6.78. The predicted molar refractivity (Wildman–Crippen MR) is 114 cm³/mol. The van der Waals surface area contributed by atoms with Crippen LogP contribution in [0.4, 0.5) is 11.4 Å². The monoisotopic (exact) mass is 392 g/mol. The number of rotatable bonds is 5. The predicted octanol–water partition coefficient (Wildman–Crippen LogP) is 4.42. The number of phenolic OH excluding ortho intramolecular Hbond substituents is 1. The van der Waals surface area contributed by atoms with Crippen molar-refractivity contribution in [3.63, 3.8) is 0 Å². The summed E-state index contributed by atoms with van der Waals surface area (Å²) in [5.74, 6) is 0.311. The number of nitrogens with one attached hydrogen (secondary N) is 1. The molecule has 1 heterocycles. The van der Waals surface area contributed by atoms with E-state index in [1.807, 2.05) is 48.5 Å². The smallest absolute Gasteiger partial charge is 0.120 e. The van der Waals surface area contributed by atoms with Gasteiger partial charge in [0.15, 0.2) is 0 Å². The first-order chi connectivity index (χ1) is 13.6. The first-order valence-electron chi connectivity index (χ1n) is 9.44.